The van der Waals surface area contributed by atoms with Gasteiger partial charge in [0, 0.05) is 6.54 Å². The van der Waals surface area contributed by atoms with Crippen LogP contribution in [0.2, 0.25) is 0 Å². The summed E-state index contributed by atoms with van der Waals surface area (Å²) in [7, 11) is 0. The molecule has 0 radical (unpaired) electrons. The maximum atomic E-state index is 11.7. The van der Waals surface area contributed by atoms with E-state index in [-0.39, 0.29) is 24.8 Å². The SMILES string of the molecule is CCc1ccc(OC(=O)CCNC(=O)c2cccs2)cc1. The molecular formula is C16H17NO3S. The van der Waals surface area contributed by atoms with Crippen molar-refractivity contribution in [2.75, 3.05) is 6.54 Å². The average Bonchev–Trinajstić information content (AvgIpc) is 3.02. The Morgan fingerprint density at radius 2 is 1.95 bits per heavy atom. The van der Waals surface area contributed by atoms with Crippen LogP contribution >= 0.6 is 11.3 Å². The van der Waals surface area contributed by atoms with Gasteiger partial charge in [0.05, 0.1) is 11.3 Å². The van der Waals surface area contributed by atoms with Gasteiger partial charge in [0.2, 0.25) is 0 Å². The second-order valence-electron chi connectivity index (χ2n) is 4.45. The summed E-state index contributed by atoms with van der Waals surface area (Å²) in [6.07, 6.45) is 1.09. The first kappa shape index (κ1) is 15.3. The first-order valence-corrected chi connectivity index (χ1v) is 7.68. The van der Waals surface area contributed by atoms with Crippen LogP contribution in [-0.4, -0.2) is 18.4 Å². The molecule has 110 valence electrons. The lowest BCUT2D eigenvalue weighted by Crippen LogP contribution is -2.26. The maximum absolute atomic E-state index is 11.7. The summed E-state index contributed by atoms with van der Waals surface area (Å²) >= 11 is 1.37. The van der Waals surface area contributed by atoms with E-state index in [1.165, 1.54) is 16.9 Å². The molecular weight excluding hydrogens is 286 g/mol. The number of nitrogens with one attached hydrogen (secondary N) is 1. The van der Waals surface area contributed by atoms with Gasteiger partial charge in [-0.05, 0) is 35.6 Å². The molecule has 2 aromatic rings. The van der Waals surface area contributed by atoms with Crippen molar-refractivity contribution < 1.29 is 14.3 Å². The lowest BCUT2D eigenvalue weighted by atomic mass is 10.2. The Hall–Kier alpha value is -2.14. The zero-order chi connectivity index (χ0) is 15.1. The van der Waals surface area contributed by atoms with Gasteiger partial charge in [-0.3, -0.25) is 9.59 Å². The fraction of sp³-hybridized carbons (Fsp3) is 0.250. The molecule has 5 heteroatoms. The van der Waals surface area contributed by atoms with E-state index in [0.717, 1.165) is 6.42 Å². The summed E-state index contributed by atoms with van der Waals surface area (Å²) in [5.74, 6) is 0.0117. The van der Waals surface area contributed by atoms with E-state index >= 15 is 0 Å². The highest BCUT2D eigenvalue weighted by Crippen LogP contribution is 2.13. The van der Waals surface area contributed by atoms with Crippen LogP contribution in [0, 0.1) is 0 Å². The maximum Gasteiger partial charge on any atom is 0.312 e. The minimum atomic E-state index is -0.356. The molecule has 0 bridgehead atoms. The first-order valence-electron chi connectivity index (χ1n) is 6.80. The van der Waals surface area contributed by atoms with E-state index in [1.54, 1.807) is 18.2 Å². The largest absolute Gasteiger partial charge is 0.426 e. The lowest BCUT2D eigenvalue weighted by molar-refractivity contribution is -0.134. The smallest absolute Gasteiger partial charge is 0.312 e. The zero-order valence-electron chi connectivity index (χ0n) is 11.8. The van der Waals surface area contributed by atoms with Gasteiger partial charge >= 0.3 is 5.97 Å². The second kappa shape index (κ2) is 7.59. The summed E-state index contributed by atoms with van der Waals surface area (Å²) in [6, 6.07) is 11.0. The number of rotatable bonds is 6. The zero-order valence-corrected chi connectivity index (χ0v) is 12.6. The molecule has 1 heterocycles. The van der Waals surface area contributed by atoms with Crippen molar-refractivity contribution in [2.24, 2.45) is 0 Å². The van der Waals surface area contributed by atoms with Crippen LogP contribution in [0.5, 0.6) is 5.75 Å². The Balaban J connectivity index is 1.73. The van der Waals surface area contributed by atoms with Crippen molar-refractivity contribution in [3.05, 3.63) is 52.2 Å². The molecule has 0 aliphatic heterocycles. The van der Waals surface area contributed by atoms with Crippen LogP contribution in [-0.2, 0) is 11.2 Å². The summed E-state index contributed by atoms with van der Waals surface area (Å²) in [4.78, 5) is 24.0. The summed E-state index contributed by atoms with van der Waals surface area (Å²) in [5.41, 5.74) is 1.19. The summed E-state index contributed by atoms with van der Waals surface area (Å²) < 4.78 is 5.20. The highest BCUT2D eigenvalue weighted by atomic mass is 32.1. The van der Waals surface area contributed by atoms with E-state index in [2.05, 4.69) is 12.2 Å². The fourth-order valence-corrected chi connectivity index (χ4v) is 2.39. The van der Waals surface area contributed by atoms with E-state index in [1.807, 2.05) is 23.6 Å². The molecule has 2 rings (SSSR count). The molecule has 1 amide bonds. The van der Waals surface area contributed by atoms with Gasteiger partial charge in [0.1, 0.15) is 5.75 Å². The number of carbonyl (C=O) groups excluding carboxylic acids is 2. The van der Waals surface area contributed by atoms with Crippen molar-refractivity contribution in [1.82, 2.24) is 5.32 Å². The van der Waals surface area contributed by atoms with Crippen molar-refractivity contribution in [3.63, 3.8) is 0 Å². The predicted molar refractivity (Wildman–Crippen MR) is 82.7 cm³/mol. The van der Waals surface area contributed by atoms with Crippen LogP contribution in [0.3, 0.4) is 0 Å². The van der Waals surface area contributed by atoms with Crippen LogP contribution < -0.4 is 10.1 Å². The quantitative estimate of drug-likeness (QED) is 0.659. The number of thiophene rings is 1. The highest BCUT2D eigenvalue weighted by molar-refractivity contribution is 7.12. The van der Waals surface area contributed by atoms with Crippen molar-refractivity contribution >= 4 is 23.2 Å². The summed E-state index contributed by atoms with van der Waals surface area (Å²) in [5, 5.41) is 4.53. The van der Waals surface area contributed by atoms with E-state index < -0.39 is 0 Å². The third kappa shape index (κ3) is 4.72. The number of esters is 1. The topological polar surface area (TPSA) is 55.4 Å². The molecule has 1 aromatic heterocycles. The molecule has 21 heavy (non-hydrogen) atoms. The van der Waals surface area contributed by atoms with Crippen LogP contribution in [0.25, 0.3) is 0 Å². The van der Waals surface area contributed by atoms with Crippen molar-refractivity contribution in [3.8, 4) is 5.75 Å². The predicted octanol–water partition coefficient (Wildman–Crippen LogP) is 3.04. The molecule has 0 atom stereocenters. The molecule has 0 saturated carbocycles. The Kier molecular flexibility index (Phi) is 5.51. The monoisotopic (exact) mass is 303 g/mol. The van der Waals surface area contributed by atoms with Gasteiger partial charge < -0.3 is 10.1 Å². The van der Waals surface area contributed by atoms with E-state index in [9.17, 15) is 9.59 Å². The number of aryl methyl sites for hydroxylation is 1. The van der Waals surface area contributed by atoms with Gasteiger partial charge in [0.25, 0.3) is 5.91 Å². The van der Waals surface area contributed by atoms with Gasteiger partial charge in [0.15, 0.2) is 0 Å². The molecule has 1 N–H and O–H groups in total. The molecule has 0 aliphatic rings. The number of ether oxygens (including phenoxy) is 1. The Bertz CT molecular complexity index is 590. The van der Waals surface area contributed by atoms with Crippen LogP contribution in [0.4, 0.5) is 0 Å². The number of hydrogen-bond acceptors (Lipinski definition) is 4. The number of amides is 1. The number of hydrogen-bond donors (Lipinski definition) is 1. The van der Waals surface area contributed by atoms with Crippen LogP contribution in [0.1, 0.15) is 28.6 Å². The third-order valence-electron chi connectivity index (χ3n) is 2.92. The average molecular weight is 303 g/mol. The summed E-state index contributed by atoms with van der Waals surface area (Å²) in [6.45, 7) is 2.33. The third-order valence-corrected chi connectivity index (χ3v) is 3.79. The molecule has 0 fully saturated rings. The fourth-order valence-electron chi connectivity index (χ4n) is 1.75. The molecule has 0 unspecified atom stereocenters. The van der Waals surface area contributed by atoms with Gasteiger partial charge in [-0.25, -0.2) is 0 Å². The minimum absolute atomic E-state index is 0.145. The van der Waals surface area contributed by atoms with E-state index in [4.69, 9.17) is 4.74 Å². The molecule has 0 spiro atoms. The minimum Gasteiger partial charge on any atom is -0.426 e. The molecule has 1 aromatic carbocycles. The molecule has 0 aliphatic carbocycles. The molecule has 4 nitrogen and oxygen atoms in total. The van der Waals surface area contributed by atoms with Crippen LogP contribution in [0.15, 0.2) is 41.8 Å². The number of carbonyl (C=O) groups is 2. The van der Waals surface area contributed by atoms with Crippen molar-refractivity contribution in [1.29, 1.82) is 0 Å². The highest BCUT2D eigenvalue weighted by Gasteiger charge is 2.08. The second-order valence-corrected chi connectivity index (χ2v) is 5.40. The number of benzene rings is 1. The normalized spacial score (nSPS) is 10.1. The Labute approximate surface area is 127 Å². The van der Waals surface area contributed by atoms with E-state index in [0.29, 0.717) is 10.6 Å². The van der Waals surface area contributed by atoms with Gasteiger partial charge in [-0.15, -0.1) is 11.3 Å². The Morgan fingerprint density at radius 1 is 1.19 bits per heavy atom. The standard InChI is InChI=1S/C16H17NO3S/c1-2-12-5-7-13(8-6-12)20-15(18)9-10-17-16(19)14-4-3-11-21-14/h3-8,11H,2,9-10H2,1H3,(H,17,19). The van der Waals surface area contributed by atoms with Crippen molar-refractivity contribution in [2.45, 2.75) is 19.8 Å². The lowest BCUT2D eigenvalue weighted by Gasteiger charge is -2.06. The Morgan fingerprint density at radius 3 is 2.57 bits per heavy atom. The van der Waals surface area contributed by atoms with Gasteiger partial charge in [-0.1, -0.05) is 25.1 Å². The first-order chi connectivity index (χ1) is 10.2. The molecule has 0 saturated heterocycles. The van der Waals surface area contributed by atoms with Gasteiger partial charge in [-0.2, -0.15) is 0 Å².